The molecular formula is C13H10N2O4S. The average molecular weight is 290 g/mol. The number of nitrogens with zero attached hydrogens (tertiary/aromatic N) is 2. The lowest BCUT2D eigenvalue weighted by Gasteiger charge is -2.05. The van der Waals surface area contributed by atoms with Crippen LogP contribution in [0.2, 0.25) is 0 Å². The van der Waals surface area contributed by atoms with Crippen molar-refractivity contribution in [2.45, 2.75) is 16.7 Å². The van der Waals surface area contributed by atoms with Gasteiger partial charge in [0.1, 0.15) is 0 Å². The Morgan fingerprint density at radius 3 is 1.90 bits per heavy atom. The number of nitro groups is 2. The first-order valence-corrected chi connectivity index (χ1v) is 6.47. The van der Waals surface area contributed by atoms with Gasteiger partial charge in [0.05, 0.1) is 9.85 Å². The van der Waals surface area contributed by atoms with Crippen molar-refractivity contribution in [2.24, 2.45) is 0 Å². The van der Waals surface area contributed by atoms with Crippen LogP contribution in [0.3, 0.4) is 0 Å². The Kier molecular flexibility index (Phi) is 3.99. The molecule has 20 heavy (non-hydrogen) atoms. The van der Waals surface area contributed by atoms with Crippen LogP contribution in [0.25, 0.3) is 0 Å². The van der Waals surface area contributed by atoms with E-state index < -0.39 is 9.85 Å². The number of nitro benzene ring substituents is 2. The molecule has 0 aliphatic carbocycles. The van der Waals surface area contributed by atoms with E-state index in [9.17, 15) is 20.2 Å². The van der Waals surface area contributed by atoms with Gasteiger partial charge in [0.25, 0.3) is 11.4 Å². The van der Waals surface area contributed by atoms with Crippen molar-refractivity contribution < 1.29 is 9.85 Å². The summed E-state index contributed by atoms with van der Waals surface area (Å²) in [5.41, 5.74) is -0.00285. The predicted octanol–water partition coefficient (Wildman–Crippen LogP) is 3.96. The quantitative estimate of drug-likeness (QED) is 0.628. The minimum Gasteiger partial charge on any atom is -0.258 e. The lowest BCUT2D eigenvalue weighted by Crippen LogP contribution is -1.98. The molecule has 0 fully saturated rings. The number of hydrogen-bond acceptors (Lipinski definition) is 5. The summed E-state index contributed by atoms with van der Waals surface area (Å²) >= 11 is 1.02. The Balaban J connectivity index is 2.59. The summed E-state index contributed by atoms with van der Waals surface area (Å²) in [6, 6.07) is 11.5. The summed E-state index contributed by atoms with van der Waals surface area (Å²) in [6.45, 7) is 1.59. The Labute approximate surface area is 118 Å². The number of hydrogen-bond donors (Lipinski definition) is 0. The molecule has 7 heteroatoms. The van der Waals surface area contributed by atoms with Crippen LogP contribution in [0, 0.1) is 27.2 Å². The molecule has 0 unspecified atom stereocenters. The molecule has 102 valence electrons. The summed E-state index contributed by atoms with van der Waals surface area (Å²) in [5.74, 6) is 0. The van der Waals surface area contributed by atoms with E-state index in [2.05, 4.69) is 0 Å². The molecule has 0 bridgehead atoms. The Morgan fingerprint density at radius 2 is 1.45 bits per heavy atom. The Hall–Kier alpha value is -2.41. The van der Waals surface area contributed by atoms with E-state index >= 15 is 0 Å². The average Bonchev–Trinajstić information content (AvgIpc) is 2.41. The lowest BCUT2D eigenvalue weighted by molar-refractivity contribution is -0.399. The van der Waals surface area contributed by atoms with Gasteiger partial charge in [-0.2, -0.15) is 0 Å². The van der Waals surface area contributed by atoms with E-state index in [1.807, 2.05) is 6.07 Å². The zero-order chi connectivity index (χ0) is 14.7. The van der Waals surface area contributed by atoms with Crippen molar-refractivity contribution in [3.63, 3.8) is 0 Å². The molecule has 0 heterocycles. The van der Waals surface area contributed by atoms with Crippen molar-refractivity contribution in [1.82, 2.24) is 0 Å². The van der Waals surface area contributed by atoms with Crippen molar-refractivity contribution in [3.8, 4) is 0 Å². The molecule has 0 N–H and O–H groups in total. The van der Waals surface area contributed by atoms with Gasteiger partial charge in [-0.15, -0.1) is 0 Å². The number of aryl methyl sites for hydroxylation is 1. The first kappa shape index (κ1) is 14.0. The highest BCUT2D eigenvalue weighted by Crippen LogP contribution is 2.41. The molecule has 0 atom stereocenters. The molecular weight excluding hydrogens is 280 g/mol. The topological polar surface area (TPSA) is 86.3 Å². The van der Waals surface area contributed by atoms with Crippen molar-refractivity contribution in [2.75, 3.05) is 0 Å². The summed E-state index contributed by atoms with van der Waals surface area (Å²) in [5, 5.41) is 22.2. The van der Waals surface area contributed by atoms with E-state index in [-0.39, 0.29) is 16.3 Å². The zero-order valence-corrected chi connectivity index (χ0v) is 11.3. The molecule has 0 aliphatic rings. The van der Waals surface area contributed by atoms with Crippen LogP contribution in [-0.2, 0) is 0 Å². The van der Waals surface area contributed by atoms with Crippen LogP contribution in [0.15, 0.2) is 52.3 Å². The van der Waals surface area contributed by atoms with Crippen LogP contribution < -0.4 is 0 Å². The zero-order valence-electron chi connectivity index (χ0n) is 10.5. The van der Waals surface area contributed by atoms with Crippen LogP contribution in [0.4, 0.5) is 11.4 Å². The first-order valence-electron chi connectivity index (χ1n) is 5.65. The fourth-order valence-electron chi connectivity index (χ4n) is 1.72. The maximum Gasteiger partial charge on any atom is 0.290 e. The van der Waals surface area contributed by atoms with Crippen molar-refractivity contribution in [1.29, 1.82) is 0 Å². The van der Waals surface area contributed by atoms with Crippen LogP contribution in [0.5, 0.6) is 0 Å². The van der Waals surface area contributed by atoms with Crippen LogP contribution >= 0.6 is 11.8 Å². The molecule has 0 radical (unpaired) electrons. The lowest BCUT2D eigenvalue weighted by atomic mass is 10.2. The van der Waals surface area contributed by atoms with Gasteiger partial charge in [-0.05, 0) is 24.6 Å². The minimum atomic E-state index is -0.592. The van der Waals surface area contributed by atoms with Gasteiger partial charge in [-0.25, -0.2) is 0 Å². The van der Waals surface area contributed by atoms with E-state index in [0.29, 0.717) is 10.5 Å². The van der Waals surface area contributed by atoms with Gasteiger partial charge in [0.15, 0.2) is 4.90 Å². The fraction of sp³-hybridized carbons (Fsp3) is 0.0769. The smallest absolute Gasteiger partial charge is 0.258 e. The molecule has 0 aromatic heterocycles. The normalized spacial score (nSPS) is 10.2. The summed E-state index contributed by atoms with van der Waals surface area (Å²) in [4.78, 5) is 21.8. The molecule has 2 aromatic carbocycles. The minimum absolute atomic E-state index is 0.0526. The van der Waals surface area contributed by atoms with Crippen LogP contribution in [-0.4, -0.2) is 9.85 Å². The number of rotatable bonds is 4. The monoisotopic (exact) mass is 290 g/mol. The van der Waals surface area contributed by atoms with Gasteiger partial charge in [-0.3, -0.25) is 20.2 Å². The molecule has 0 saturated carbocycles. The Bertz CT molecular complexity index is 638. The second-order valence-corrected chi connectivity index (χ2v) is 5.15. The molecule has 2 rings (SSSR count). The molecule has 6 nitrogen and oxygen atoms in total. The predicted molar refractivity (Wildman–Crippen MR) is 75.1 cm³/mol. The molecule has 2 aromatic rings. The standard InChI is InChI=1S/C13H10N2O4S/c1-9-7-11(14(16)17)13(12(8-9)15(18)19)20-10-5-3-2-4-6-10/h2-8H,1H3. The second-order valence-electron chi connectivity index (χ2n) is 4.06. The molecule has 0 saturated heterocycles. The maximum atomic E-state index is 11.1. The highest BCUT2D eigenvalue weighted by atomic mass is 32.2. The van der Waals surface area contributed by atoms with E-state index in [1.165, 1.54) is 12.1 Å². The van der Waals surface area contributed by atoms with E-state index in [1.54, 1.807) is 31.2 Å². The Morgan fingerprint density at radius 1 is 0.950 bits per heavy atom. The van der Waals surface area contributed by atoms with E-state index in [0.717, 1.165) is 11.8 Å². The van der Waals surface area contributed by atoms with Gasteiger partial charge < -0.3 is 0 Å². The summed E-state index contributed by atoms with van der Waals surface area (Å²) in [6.07, 6.45) is 0. The fourth-order valence-corrected chi connectivity index (χ4v) is 2.72. The second kappa shape index (κ2) is 5.70. The largest absolute Gasteiger partial charge is 0.290 e. The van der Waals surface area contributed by atoms with Gasteiger partial charge in [-0.1, -0.05) is 30.0 Å². The number of benzene rings is 2. The molecule has 0 spiro atoms. The third kappa shape index (κ3) is 2.94. The summed E-state index contributed by atoms with van der Waals surface area (Å²) in [7, 11) is 0. The first-order chi connectivity index (χ1) is 9.49. The third-order valence-electron chi connectivity index (χ3n) is 2.55. The van der Waals surface area contributed by atoms with Gasteiger partial charge in [0.2, 0.25) is 0 Å². The van der Waals surface area contributed by atoms with Crippen molar-refractivity contribution in [3.05, 3.63) is 68.3 Å². The third-order valence-corrected chi connectivity index (χ3v) is 3.68. The van der Waals surface area contributed by atoms with Crippen LogP contribution in [0.1, 0.15) is 5.56 Å². The van der Waals surface area contributed by atoms with Crippen molar-refractivity contribution >= 4 is 23.1 Å². The van der Waals surface area contributed by atoms with E-state index in [4.69, 9.17) is 0 Å². The van der Waals surface area contributed by atoms with Gasteiger partial charge >= 0.3 is 0 Å². The van der Waals surface area contributed by atoms with Gasteiger partial charge in [0, 0.05) is 17.0 Å². The maximum absolute atomic E-state index is 11.1. The molecule has 0 aliphatic heterocycles. The highest BCUT2D eigenvalue weighted by molar-refractivity contribution is 7.99. The molecule has 0 amide bonds. The summed E-state index contributed by atoms with van der Waals surface area (Å²) < 4.78 is 0. The SMILES string of the molecule is Cc1cc([N+](=O)[O-])c(Sc2ccccc2)c([N+](=O)[O-])c1. The highest BCUT2D eigenvalue weighted by Gasteiger charge is 2.26.